The third-order valence-corrected chi connectivity index (χ3v) is 5.96. The maximum Gasteiger partial charge on any atom is 0.249 e. The number of nitrogens with zero attached hydrogens (tertiary/aromatic N) is 1. The van der Waals surface area contributed by atoms with Gasteiger partial charge in [0.15, 0.2) is 0 Å². The number of hydrogen-bond donors (Lipinski definition) is 1. The van der Waals surface area contributed by atoms with Crippen LogP contribution >= 0.6 is 0 Å². The number of nitrogens with one attached hydrogen (secondary N) is 1. The van der Waals surface area contributed by atoms with E-state index >= 15 is 0 Å². The Bertz CT molecular complexity index is 780. The molecule has 3 aliphatic heterocycles. The number of carbonyl (C=O) groups excluding carboxylic acids is 3. The second-order valence-corrected chi connectivity index (χ2v) is 7.77. The average Bonchev–Trinajstić information content (AvgIpc) is 2.84. The van der Waals surface area contributed by atoms with Crippen molar-refractivity contribution in [2.24, 2.45) is 0 Å². The minimum Gasteiger partial charge on any atom is -0.381 e. The molecule has 138 valence electrons. The zero-order chi connectivity index (χ0) is 18.5. The van der Waals surface area contributed by atoms with Crippen molar-refractivity contribution in [2.45, 2.75) is 56.9 Å². The third-order valence-electron chi connectivity index (χ3n) is 5.96. The molecule has 6 heteroatoms. The van der Waals surface area contributed by atoms with E-state index in [2.05, 4.69) is 25.2 Å². The molecule has 3 heterocycles. The Kier molecular flexibility index (Phi) is 4.10. The molecule has 2 saturated heterocycles. The second kappa shape index (κ2) is 6.20. The van der Waals surface area contributed by atoms with Crippen molar-refractivity contribution in [2.75, 3.05) is 18.1 Å². The van der Waals surface area contributed by atoms with Crippen LogP contribution in [0.15, 0.2) is 18.2 Å². The molecular weight excluding hydrogens is 332 g/mol. The monoisotopic (exact) mass is 356 g/mol. The van der Waals surface area contributed by atoms with E-state index in [4.69, 9.17) is 4.74 Å². The van der Waals surface area contributed by atoms with Crippen LogP contribution in [-0.4, -0.2) is 37.0 Å². The van der Waals surface area contributed by atoms with Crippen molar-refractivity contribution < 1.29 is 19.1 Å². The Morgan fingerprint density at radius 2 is 1.92 bits per heavy atom. The first kappa shape index (κ1) is 17.2. The first-order valence-corrected chi connectivity index (χ1v) is 9.33. The predicted octanol–water partition coefficient (Wildman–Crippen LogP) is 2.01. The van der Waals surface area contributed by atoms with Gasteiger partial charge in [-0.15, -0.1) is 0 Å². The van der Waals surface area contributed by atoms with Crippen LogP contribution in [0.1, 0.15) is 56.6 Å². The number of rotatable bonds is 2. The number of hydrogen-bond acceptors (Lipinski definition) is 4. The molecule has 1 atom stereocenters. The highest BCUT2D eigenvalue weighted by Gasteiger charge is 2.54. The van der Waals surface area contributed by atoms with Gasteiger partial charge in [0.1, 0.15) is 6.04 Å². The third kappa shape index (κ3) is 2.47. The number of carbonyl (C=O) groups is 3. The molecule has 26 heavy (non-hydrogen) atoms. The largest absolute Gasteiger partial charge is 0.381 e. The summed E-state index contributed by atoms with van der Waals surface area (Å²) in [5, 5.41) is 2.38. The average molecular weight is 356 g/mol. The Hall–Kier alpha value is -2.21. The van der Waals surface area contributed by atoms with Gasteiger partial charge in [-0.05, 0) is 42.4 Å². The minimum absolute atomic E-state index is 0.0220. The van der Waals surface area contributed by atoms with Gasteiger partial charge < -0.3 is 4.74 Å². The first-order chi connectivity index (χ1) is 12.4. The van der Waals surface area contributed by atoms with Gasteiger partial charge in [0.05, 0.1) is 5.41 Å². The van der Waals surface area contributed by atoms with Crippen molar-refractivity contribution in [3.05, 3.63) is 29.3 Å². The summed E-state index contributed by atoms with van der Waals surface area (Å²) in [7, 11) is 0. The van der Waals surface area contributed by atoms with Crippen LogP contribution < -0.4 is 10.2 Å². The topological polar surface area (TPSA) is 75.7 Å². The Morgan fingerprint density at radius 1 is 1.19 bits per heavy atom. The SMILES string of the molecule is CC(C)c1ccc2c(c1)C1(CCOCC1)C(=O)N2C1CCC(=O)NC1=O. The van der Waals surface area contributed by atoms with Gasteiger partial charge in [-0.25, -0.2) is 0 Å². The molecule has 0 bridgehead atoms. The van der Waals surface area contributed by atoms with E-state index in [1.165, 1.54) is 5.56 Å². The zero-order valence-corrected chi connectivity index (χ0v) is 15.2. The molecule has 1 aromatic carbocycles. The van der Waals surface area contributed by atoms with Gasteiger partial charge >= 0.3 is 0 Å². The van der Waals surface area contributed by atoms with Crippen LogP contribution in [0.3, 0.4) is 0 Å². The molecule has 2 fully saturated rings. The van der Waals surface area contributed by atoms with E-state index < -0.39 is 11.5 Å². The van der Waals surface area contributed by atoms with Crippen molar-refractivity contribution >= 4 is 23.4 Å². The summed E-state index contributed by atoms with van der Waals surface area (Å²) in [4.78, 5) is 39.2. The van der Waals surface area contributed by atoms with Crippen molar-refractivity contribution in [1.82, 2.24) is 5.32 Å². The molecule has 3 aliphatic rings. The highest BCUT2D eigenvalue weighted by molar-refractivity contribution is 6.14. The zero-order valence-electron chi connectivity index (χ0n) is 15.2. The molecule has 1 spiro atoms. The van der Waals surface area contributed by atoms with Crippen LogP contribution in [0, 0.1) is 0 Å². The molecule has 1 unspecified atom stereocenters. The predicted molar refractivity (Wildman–Crippen MR) is 95.9 cm³/mol. The van der Waals surface area contributed by atoms with Crippen LogP contribution in [-0.2, 0) is 24.5 Å². The quantitative estimate of drug-likeness (QED) is 0.823. The Balaban J connectivity index is 1.82. The normalized spacial score (nSPS) is 25.0. The van der Waals surface area contributed by atoms with Crippen LogP contribution in [0.25, 0.3) is 0 Å². The summed E-state index contributed by atoms with van der Waals surface area (Å²) in [6.45, 7) is 5.35. The number of benzene rings is 1. The summed E-state index contributed by atoms with van der Waals surface area (Å²) in [6, 6.07) is 5.52. The summed E-state index contributed by atoms with van der Waals surface area (Å²) in [5.41, 5.74) is 2.41. The number of fused-ring (bicyclic) bond motifs is 2. The smallest absolute Gasteiger partial charge is 0.249 e. The lowest BCUT2D eigenvalue weighted by atomic mass is 9.74. The van der Waals surface area contributed by atoms with Crippen molar-refractivity contribution in [3.8, 4) is 0 Å². The summed E-state index contributed by atoms with van der Waals surface area (Å²) in [6.07, 6.45) is 1.89. The number of anilines is 1. The fourth-order valence-corrected chi connectivity index (χ4v) is 4.40. The van der Waals surface area contributed by atoms with Gasteiger partial charge in [-0.2, -0.15) is 0 Å². The molecular formula is C20H24N2O4. The van der Waals surface area contributed by atoms with E-state index in [1.807, 2.05) is 12.1 Å². The van der Waals surface area contributed by atoms with Gasteiger partial charge in [-0.1, -0.05) is 26.0 Å². The molecule has 1 aromatic rings. The highest BCUT2D eigenvalue weighted by Crippen LogP contribution is 2.49. The van der Waals surface area contributed by atoms with Crippen LogP contribution in [0.4, 0.5) is 5.69 Å². The lowest BCUT2D eigenvalue weighted by Crippen LogP contribution is -2.56. The van der Waals surface area contributed by atoms with Gasteiger partial charge in [0.2, 0.25) is 17.7 Å². The molecule has 6 nitrogen and oxygen atoms in total. The summed E-state index contributed by atoms with van der Waals surface area (Å²) in [5.74, 6) is -0.310. The maximum absolute atomic E-state index is 13.6. The van der Waals surface area contributed by atoms with Crippen LogP contribution in [0.2, 0.25) is 0 Å². The lowest BCUT2D eigenvalue weighted by molar-refractivity contribution is -0.137. The van der Waals surface area contributed by atoms with Gasteiger partial charge in [-0.3, -0.25) is 24.6 Å². The van der Waals surface area contributed by atoms with Crippen molar-refractivity contribution in [3.63, 3.8) is 0 Å². The number of ether oxygens (including phenoxy) is 1. The number of piperidine rings is 1. The van der Waals surface area contributed by atoms with E-state index in [9.17, 15) is 14.4 Å². The van der Waals surface area contributed by atoms with E-state index in [0.29, 0.717) is 38.4 Å². The Morgan fingerprint density at radius 3 is 2.58 bits per heavy atom. The fourth-order valence-electron chi connectivity index (χ4n) is 4.40. The maximum atomic E-state index is 13.6. The summed E-state index contributed by atoms with van der Waals surface area (Å²) >= 11 is 0. The standard InChI is InChI=1S/C20H24N2O4/c1-12(2)13-3-4-15-14(11-13)20(7-9-26-10-8-20)19(25)22(15)16-5-6-17(23)21-18(16)24/h3-4,11-12,16H,5-10H2,1-2H3,(H,21,23,24). The number of amides is 3. The Labute approximate surface area is 152 Å². The van der Waals surface area contributed by atoms with Gasteiger partial charge in [0, 0.05) is 25.3 Å². The van der Waals surface area contributed by atoms with Crippen LogP contribution in [0.5, 0.6) is 0 Å². The fraction of sp³-hybridized carbons (Fsp3) is 0.550. The molecule has 0 saturated carbocycles. The first-order valence-electron chi connectivity index (χ1n) is 9.33. The highest BCUT2D eigenvalue weighted by atomic mass is 16.5. The molecule has 0 radical (unpaired) electrons. The number of imide groups is 1. The molecule has 4 rings (SSSR count). The minimum atomic E-state index is -0.619. The van der Waals surface area contributed by atoms with E-state index in [1.54, 1.807) is 4.90 Å². The van der Waals surface area contributed by atoms with Gasteiger partial charge in [0.25, 0.3) is 0 Å². The second-order valence-electron chi connectivity index (χ2n) is 7.77. The molecule has 3 amide bonds. The molecule has 0 aromatic heterocycles. The molecule has 1 N–H and O–H groups in total. The molecule has 0 aliphatic carbocycles. The van der Waals surface area contributed by atoms with E-state index in [0.717, 1.165) is 11.3 Å². The van der Waals surface area contributed by atoms with E-state index in [-0.39, 0.29) is 24.1 Å². The lowest BCUT2D eigenvalue weighted by Gasteiger charge is -2.35. The van der Waals surface area contributed by atoms with Crippen molar-refractivity contribution in [1.29, 1.82) is 0 Å². The summed E-state index contributed by atoms with van der Waals surface area (Å²) < 4.78 is 5.52.